The predicted octanol–water partition coefficient (Wildman–Crippen LogP) is 3.61. The second-order valence-electron chi connectivity index (χ2n) is 4.03. The van der Waals surface area contributed by atoms with Crippen LogP contribution < -0.4 is 5.32 Å². The Bertz CT molecular complexity index is 661. The van der Waals surface area contributed by atoms with E-state index in [1.54, 1.807) is 17.4 Å². The molecule has 0 fully saturated rings. The maximum atomic E-state index is 9.15. The summed E-state index contributed by atoms with van der Waals surface area (Å²) in [6.07, 6.45) is 1.46. The van der Waals surface area contributed by atoms with Crippen molar-refractivity contribution >= 4 is 27.1 Å². The highest BCUT2D eigenvalue weighted by Gasteiger charge is 1.99. The molecule has 0 unspecified atom stereocenters. The monoisotopic (exact) mass is 256 g/mol. The Morgan fingerprint density at radius 3 is 2.94 bits per heavy atom. The van der Waals surface area contributed by atoms with Crippen molar-refractivity contribution in [2.45, 2.75) is 6.54 Å². The Morgan fingerprint density at radius 1 is 1.17 bits per heavy atom. The average molecular weight is 256 g/mol. The van der Waals surface area contributed by atoms with Crippen LogP contribution >= 0.6 is 11.3 Å². The molecule has 3 rings (SSSR count). The zero-order chi connectivity index (χ0) is 12.4. The molecule has 0 saturated heterocycles. The number of aromatic nitrogens is 1. The molecule has 0 radical (unpaired) electrons. The van der Waals surface area contributed by atoms with Crippen molar-refractivity contribution in [1.29, 1.82) is 0 Å². The molecule has 0 spiro atoms. The van der Waals surface area contributed by atoms with Crippen molar-refractivity contribution in [3.8, 4) is 5.75 Å². The first-order valence-electron chi connectivity index (χ1n) is 5.66. The number of benzene rings is 1. The molecule has 2 N–H and O–H groups in total. The molecule has 1 aromatic carbocycles. The van der Waals surface area contributed by atoms with Gasteiger partial charge in [0.05, 0.1) is 18.4 Å². The summed E-state index contributed by atoms with van der Waals surface area (Å²) in [6, 6.07) is 11.9. The van der Waals surface area contributed by atoms with Gasteiger partial charge in [-0.3, -0.25) is 4.98 Å². The van der Waals surface area contributed by atoms with E-state index in [0.717, 1.165) is 11.4 Å². The molecular weight excluding hydrogens is 244 g/mol. The van der Waals surface area contributed by atoms with Crippen LogP contribution in [-0.2, 0) is 6.54 Å². The van der Waals surface area contributed by atoms with Gasteiger partial charge in [0.15, 0.2) is 0 Å². The van der Waals surface area contributed by atoms with E-state index < -0.39 is 0 Å². The first-order chi connectivity index (χ1) is 8.81. The quantitative estimate of drug-likeness (QED) is 0.752. The summed E-state index contributed by atoms with van der Waals surface area (Å²) in [5.74, 6) is 0.193. The number of hydrogen-bond donors (Lipinski definition) is 2. The Hall–Kier alpha value is -2.07. The first kappa shape index (κ1) is 11.0. The SMILES string of the molecule is Oc1ccc(CNc2ccc3sccc3c2)nc1. The van der Waals surface area contributed by atoms with Crippen molar-refractivity contribution in [2.75, 3.05) is 5.32 Å². The van der Waals surface area contributed by atoms with Crippen LogP contribution in [-0.4, -0.2) is 10.1 Å². The molecule has 0 atom stereocenters. The minimum atomic E-state index is 0.193. The Balaban J connectivity index is 1.74. The van der Waals surface area contributed by atoms with Crippen LogP contribution in [0, 0.1) is 0 Å². The van der Waals surface area contributed by atoms with E-state index in [4.69, 9.17) is 5.11 Å². The number of nitrogens with zero attached hydrogens (tertiary/aromatic N) is 1. The van der Waals surface area contributed by atoms with Gasteiger partial charge >= 0.3 is 0 Å². The molecular formula is C14H12N2OS. The molecule has 2 heterocycles. The second kappa shape index (κ2) is 4.66. The smallest absolute Gasteiger partial charge is 0.133 e. The van der Waals surface area contributed by atoms with E-state index >= 15 is 0 Å². The summed E-state index contributed by atoms with van der Waals surface area (Å²) < 4.78 is 1.29. The third-order valence-corrected chi connectivity index (χ3v) is 3.63. The number of pyridine rings is 1. The fourth-order valence-corrected chi connectivity index (χ4v) is 2.56. The van der Waals surface area contributed by atoms with Crippen LogP contribution in [0.2, 0.25) is 0 Å². The van der Waals surface area contributed by atoms with Gasteiger partial charge < -0.3 is 10.4 Å². The van der Waals surface area contributed by atoms with Gasteiger partial charge in [0.2, 0.25) is 0 Å². The van der Waals surface area contributed by atoms with Crippen LogP contribution in [0.5, 0.6) is 5.75 Å². The second-order valence-corrected chi connectivity index (χ2v) is 4.98. The number of fused-ring (bicyclic) bond motifs is 1. The van der Waals surface area contributed by atoms with Crippen molar-refractivity contribution < 1.29 is 5.11 Å². The van der Waals surface area contributed by atoms with Crippen molar-refractivity contribution in [3.63, 3.8) is 0 Å². The summed E-state index contributed by atoms with van der Waals surface area (Å²) in [5.41, 5.74) is 1.98. The van der Waals surface area contributed by atoms with Crippen LogP contribution in [0.1, 0.15) is 5.69 Å². The van der Waals surface area contributed by atoms with Crippen molar-refractivity contribution in [3.05, 3.63) is 53.7 Å². The highest BCUT2D eigenvalue weighted by molar-refractivity contribution is 7.17. The van der Waals surface area contributed by atoms with Gasteiger partial charge in [0.1, 0.15) is 5.75 Å². The molecule has 18 heavy (non-hydrogen) atoms. The van der Waals surface area contributed by atoms with Crippen LogP contribution in [0.4, 0.5) is 5.69 Å². The maximum absolute atomic E-state index is 9.15. The molecule has 4 heteroatoms. The summed E-state index contributed by atoms with van der Waals surface area (Å²) in [6.45, 7) is 0.649. The Morgan fingerprint density at radius 2 is 2.11 bits per heavy atom. The number of anilines is 1. The fraction of sp³-hybridized carbons (Fsp3) is 0.0714. The van der Waals surface area contributed by atoms with Crippen molar-refractivity contribution in [2.24, 2.45) is 0 Å². The lowest BCUT2D eigenvalue weighted by Gasteiger charge is -2.06. The number of thiophene rings is 1. The average Bonchev–Trinajstić information content (AvgIpc) is 2.85. The zero-order valence-corrected chi connectivity index (χ0v) is 10.4. The normalized spacial score (nSPS) is 10.7. The topological polar surface area (TPSA) is 45.1 Å². The van der Waals surface area contributed by atoms with Gasteiger partial charge in [-0.2, -0.15) is 0 Å². The fourth-order valence-electron chi connectivity index (χ4n) is 1.79. The molecule has 3 nitrogen and oxygen atoms in total. The number of nitrogens with one attached hydrogen (secondary N) is 1. The standard InChI is InChI=1S/C14H12N2OS/c17-13-3-1-12(16-9-13)8-15-11-2-4-14-10(7-11)5-6-18-14/h1-7,9,15,17H,8H2. The Kier molecular flexibility index (Phi) is 2.86. The molecule has 0 saturated carbocycles. The van der Waals surface area contributed by atoms with Gasteiger partial charge in [-0.25, -0.2) is 0 Å². The number of rotatable bonds is 3. The molecule has 0 aliphatic rings. The van der Waals surface area contributed by atoms with E-state index in [-0.39, 0.29) is 5.75 Å². The van der Waals surface area contributed by atoms with Crippen molar-refractivity contribution in [1.82, 2.24) is 4.98 Å². The van der Waals surface area contributed by atoms with Crippen LogP contribution in [0.3, 0.4) is 0 Å². The molecule has 0 aliphatic carbocycles. The summed E-state index contributed by atoms with van der Waals surface area (Å²) in [4.78, 5) is 4.14. The third-order valence-electron chi connectivity index (χ3n) is 2.74. The summed E-state index contributed by atoms with van der Waals surface area (Å²) >= 11 is 1.74. The Labute approximate surface area is 109 Å². The largest absolute Gasteiger partial charge is 0.506 e. The van der Waals surface area contributed by atoms with Gasteiger partial charge in [-0.05, 0) is 47.2 Å². The molecule has 90 valence electrons. The van der Waals surface area contributed by atoms with Gasteiger partial charge in [0.25, 0.3) is 0 Å². The van der Waals surface area contributed by atoms with Gasteiger partial charge in [-0.1, -0.05) is 0 Å². The van der Waals surface area contributed by atoms with E-state index in [2.05, 4.69) is 39.9 Å². The predicted molar refractivity (Wildman–Crippen MR) is 75.1 cm³/mol. The van der Waals surface area contributed by atoms with E-state index in [0.29, 0.717) is 6.54 Å². The lowest BCUT2D eigenvalue weighted by atomic mass is 10.2. The molecule has 0 bridgehead atoms. The molecule has 2 aromatic heterocycles. The lowest BCUT2D eigenvalue weighted by Crippen LogP contribution is -2.00. The highest BCUT2D eigenvalue weighted by atomic mass is 32.1. The molecule has 3 aromatic rings. The lowest BCUT2D eigenvalue weighted by molar-refractivity contribution is 0.472. The van der Waals surface area contributed by atoms with Gasteiger partial charge in [0, 0.05) is 10.4 Å². The van der Waals surface area contributed by atoms with Crippen LogP contribution in [0.15, 0.2) is 48.0 Å². The first-order valence-corrected chi connectivity index (χ1v) is 6.54. The highest BCUT2D eigenvalue weighted by Crippen LogP contribution is 2.24. The van der Waals surface area contributed by atoms with E-state index in [9.17, 15) is 0 Å². The zero-order valence-electron chi connectivity index (χ0n) is 9.63. The van der Waals surface area contributed by atoms with E-state index in [1.165, 1.54) is 16.3 Å². The molecule has 0 amide bonds. The third kappa shape index (κ3) is 2.28. The summed E-state index contributed by atoms with van der Waals surface area (Å²) in [5, 5.41) is 15.8. The number of aromatic hydroxyl groups is 1. The minimum absolute atomic E-state index is 0.193. The summed E-state index contributed by atoms with van der Waals surface area (Å²) in [7, 11) is 0. The van der Waals surface area contributed by atoms with Gasteiger partial charge in [-0.15, -0.1) is 11.3 Å². The maximum Gasteiger partial charge on any atom is 0.133 e. The number of hydrogen-bond acceptors (Lipinski definition) is 4. The van der Waals surface area contributed by atoms with Crippen LogP contribution in [0.25, 0.3) is 10.1 Å². The van der Waals surface area contributed by atoms with E-state index in [1.807, 2.05) is 6.07 Å². The molecule has 0 aliphatic heterocycles. The minimum Gasteiger partial charge on any atom is -0.506 e.